The summed E-state index contributed by atoms with van der Waals surface area (Å²) in [6.45, 7) is 4.65. The first-order valence-corrected chi connectivity index (χ1v) is 12.5. The number of nitrogens with one attached hydrogen (secondary N) is 1. The summed E-state index contributed by atoms with van der Waals surface area (Å²) in [5.74, 6) is -0.214. The van der Waals surface area contributed by atoms with E-state index in [2.05, 4.69) is 15.5 Å². The van der Waals surface area contributed by atoms with Gasteiger partial charge in [-0.2, -0.15) is 4.98 Å². The molecule has 1 saturated heterocycles. The van der Waals surface area contributed by atoms with E-state index < -0.39 is 24.4 Å². The first-order chi connectivity index (χ1) is 17.8. The number of hydrogen-bond acceptors (Lipinski definition) is 8. The van der Waals surface area contributed by atoms with Gasteiger partial charge in [-0.1, -0.05) is 67.5 Å². The van der Waals surface area contributed by atoms with Crippen LogP contribution in [0.5, 0.6) is 0 Å². The zero-order valence-electron chi connectivity index (χ0n) is 20.8. The number of carbonyl (C=O) groups is 2. The number of likely N-dealkylation sites (tertiary alicyclic amines) is 1. The van der Waals surface area contributed by atoms with Crippen LogP contribution in [0.4, 0.5) is 0 Å². The minimum Gasteiger partial charge on any atom is -0.391 e. The van der Waals surface area contributed by atoms with E-state index in [0.717, 1.165) is 22.3 Å². The predicted octanol–water partition coefficient (Wildman–Crippen LogP) is 1.85. The van der Waals surface area contributed by atoms with E-state index in [1.807, 2.05) is 62.4 Å². The molecular formula is C27H31N5O5. The standard InChI is InChI=1S/C27H31N5O5/c1-16(2)23(32-13-19-5-3-4-6-21(19)26(32)35)27(36)31-14-20(33)11-22(31)25(34)28-12-17-7-9-18(10-8-17)24-29-15-37-30-24/h3-10,15-16,20,22-23,26,33,35H,11-14H2,1-2H3,(H,28,34)/t20-,22+,23+,26?/m1/s1. The molecule has 2 aromatic carbocycles. The molecule has 10 nitrogen and oxygen atoms in total. The summed E-state index contributed by atoms with van der Waals surface area (Å²) < 4.78 is 4.77. The molecule has 2 aliphatic heterocycles. The Morgan fingerprint density at radius 2 is 1.89 bits per heavy atom. The van der Waals surface area contributed by atoms with E-state index in [9.17, 15) is 19.8 Å². The van der Waals surface area contributed by atoms with Gasteiger partial charge in [-0.25, -0.2) is 0 Å². The highest BCUT2D eigenvalue weighted by Gasteiger charge is 2.46. The van der Waals surface area contributed by atoms with Crippen molar-refractivity contribution in [3.8, 4) is 11.4 Å². The molecule has 10 heteroatoms. The number of aromatic nitrogens is 2. The summed E-state index contributed by atoms with van der Waals surface area (Å²) in [5.41, 5.74) is 3.44. The second-order valence-corrected chi connectivity index (χ2v) is 10.00. The average molecular weight is 506 g/mol. The molecule has 1 unspecified atom stereocenters. The fourth-order valence-electron chi connectivity index (χ4n) is 5.30. The zero-order valence-corrected chi connectivity index (χ0v) is 20.8. The lowest BCUT2D eigenvalue weighted by atomic mass is 10.00. The van der Waals surface area contributed by atoms with E-state index in [1.165, 1.54) is 11.3 Å². The summed E-state index contributed by atoms with van der Waals surface area (Å²) in [5, 5.41) is 28.1. The molecule has 3 heterocycles. The van der Waals surface area contributed by atoms with E-state index >= 15 is 0 Å². The normalized spacial score (nSPS) is 22.3. The van der Waals surface area contributed by atoms with Crippen molar-refractivity contribution in [1.29, 1.82) is 0 Å². The Hall–Kier alpha value is -3.60. The fraction of sp³-hybridized carbons (Fsp3) is 0.407. The summed E-state index contributed by atoms with van der Waals surface area (Å²) >= 11 is 0. The Bertz CT molecular complexity index is 1250. The molecule has 2 amide bonds. The minimum atomic E-state index is -0.900. The third-order valence-corrected chi connectivity index (χ3v) is 7.15. The van der Waals surface area contributed by atoms with Crippen LogP contribution in [0.25, 0.3) is 11.4 Å². The van der Waals surface area contributed by atoms with Crippen LogP contribution in [0.2, 0.25) is 0 Å². The number of aliphatic hydroxyl groups excluding tert-OH is 2. The molecule has 0 bridgehead atoms. The van der Waals surface area contributed by atoms with Crippen molar-refractivity contribution >= 4 is 11.8 Å². The van der Waals surface area contributed by atoms with Crippen LogP contribution < -0.4 is 5.32 Å². The highest BCUT2D eigenvalue weighted by molar-refractivity contribution is 5.90. The van der Waals surface area contributed by atoms with Crippen LogP contribution >= 0.6 is 0 Å². The first kappa shape index (κ1) is 25.1. The lowest BCUT2D eigenvalue weighted by Crippen LogP contribution is -2.54. The van der Waals surface area contributed by atoms with Gasteiger partial charge in [0.25, 0.3) is 0 Å². The zero-order chi connectivity index (χ0) is 26.1. The number of rotatable bonds is 7. The Kier molecular flexibility index (Phi) is 7.05. The Labute approximate surface area is 214 Å². The van der Waals surface area contributed by atoms with Gasteiger partial charge >= 0.3 is 0 Å². The Balaban J connectivity index is 1.27. The minimum absolute atomic E-state index is 0.0798. The molecule has 3 aromatic rings. The van der Waals surface area contributed by atoms with Crippen LogP contribution in [0, 0.1) is 5.92 Å². The molecule has 37 heavy (non-hydrogen) atoms. The van der Waals surface area contributed by atoms with Gasteiger partial charge in [-0.05, 0) is 22.6 Å². The number of benzene rings is 2. The van der Waals surface area contributed by atoms with Crippen molar-refractivity contribution in [2.75, 3.05) is 6.54 Å². The molecule has 2 aliphatic rings. The van der Waals surface area contributed by atoms with E-state index in [-0.39, 0.29) is 37.2 Å². The molecule has 194 valence electrons. The largest absolute Gasteiger partial charge is 0.391 e. The summed E-state index contributed by atoms with van der Waals surface area (Å²) in [4.78, 5) is 34.3. The van der Waals surface area contributed by atoms with Gasteiger partial charge in [0.2, 0.25) is 24.0 Å². The monoisotopic (exact) mass is 505 g/mol. The number of hydrogen-bond donors (Lipinski definition) is 3. The molecule has 0 saturated carbocycles. The van der Waals surface area contributed by atoms with Crippen LogP contribution in [-0.4, -0.2) is 66.7 Å². The molecule has 0 radical (unpaired) electrons. The van der Waals surface area contributed by atoms with Crippen LogP contribution in [0.3, 0.4) is 0 Å². The lowest BCUT2D eigenvalue weighted by Gasteiger charge is -2.36. The van der Waals surface area contributed by atoms with Crippen molar-refractivity contribution in [1.82, 2.24) is 25.3 Å². The molecule has 1 fully saturated rings. The van der Waals surface area contributed by atoms with Crippen LogP contribution in [0.1, 0.15) is 43.2 Å². The van der Waals surface area contributed by atoms with Crippen molar-refractivity contribution in [3.63, 3.8) is 0 Å². The van der Waals surface area contributed by atoms with Crippen molar-refractivity contribution < 1.29 is 24.3 Å². The molecule has 5 rings (SSSR count). The summed E-state index contributed by atoms with van der Waals surface area (Å²) in [7, 11) is 0. The van der Waals surface area contributed by atoms with Crippen molar-refractivity contribution in [2.45, 2.75) is 57.8 Å². The van der Waals surface area contributed by atoms with Gasteiger partial charge in [0.1, 0.15) is 12.3 Å². The molecule has 0 spiro atoms. The van der Waals surface area contributed by atoms with E-state index in [0.29, 0.717) is 12.4 Å². The van der Waals surface area contributed by atoms with E-state index in [4.69, 9.17) is 4.52 Å². The maximum Gasteiger partial charge on any atom is 0.243 e. The second-order valence-electron chi connectivity index (χ2n) is 10.00. The van der Waals surface area contributed by atoms with Gasteiger partial charge in [-0.3, -0.25) is 14.5 Å². The molecule has 4 atom stereocenters. The lowest BCUT2D eigenvalue weighted by molar-refractivity contribution is -0.149. The highest BCUT2D eigenvalue weighted by Crippen LogP contribution is 2.36. The van der Waals surface area contributed by atoms with E-state index in [1.54, 1.807) is 4.90 Å². The molecule has 0 aliphatic carbocycles. The third-order valence-electron chi connectivity index (χ3n) is 7.15. The maximum absolute atomic E-state index is 13.8. The van der Waals surface area contributed by atoms with Gasteiger partial charge in [0, 0.05) is 31.6 Å². The van der Waals surface area contributed by atoms with Crippen molar-refractivity contribution in [3.05, 3.63) is 71.6 Å². The third kappa shape index (κ3) is 5.00. The van der Waals surface area contributed by atoms with Gasteiger partial charge in [0.15, 0.2) is 0 Å². The van der Waals surface area contributed by atoms with Gasteiger partial charge < -0.3 is 25.0 Å². The summed E-state index contributed by atoms with van der Waals surface area (Å²) in [6.07, 6.45) is -0.257. The SMILES string of the molecule is CC(C)[C@@H](C(=O)N1C[C@H](O)C[C@H]1C(=O)NCc1ccc(-c2ncon2)cc1)N1Cc2ccccc2C1O. The van der Waals surface area contributed by atoms with Crippen molar-refractivity contribution in [2.24, 2.45) is 5.92 Å². The smallest absolute Gasteiger partial charge is 0.243 e. The number of amides is 2. The molecule has 3 N–H and O–H groups in total. The Morgan fingerprint density at radius 1 is 1.14 bits per heavy atom. The first-order valence-electron chi connectivity index (χ1n) is 12.5. The quantitative estimate of drug-likeness (QED) is 0.443. The molecule has 1 aromatic heterocycles. The topological polar surface area (TPSA) is 132 Å². The maximum atomic E-state index is 13.8. The predicted molar refractivity (Wildman–Crippen MR) is 133 cm³/mol. The Morgan fingerprint density at radius 3 is 2.57 bits per heavy atom. The van der Waals surface area contributed by atoms with Crippen LogP contribution in [-0.2, 0) is 22.7 Å². The average Bonchev–Trinajstić information content (AvgIpc) is 3.63. The van der Waals surface area contributed by atoms with Gasteiger partial charge in [0.05, 0.1) is 12.1 Å². The summed E-state index contributed by atoms with van der Waals surface area (Å²) in [6, 6.07) is 13.6. The number of β-amino-alcohol motifs (C(OH)–C–C–N with tert-alkyl or cyclic N) is 1. The number of fused-ring (bicyclic) bond motifs is 1. The molecular weight excluding hydrogens is 474 g/mol. The fourth-order valence-corrected chi connectivity index (χ4v) is 5.30. The van der Waals surface area contributed by atoms with Gasteiger partial charge in [-0.15, -0.1) is 0 Å². The second kappa shape index (κ2) is 10.4. The number of carbonyl (C=O) groups excluding carboxylic acids is 2. The van der Waals surface area contributed by atoms with Crippen LogP contribution in [0.15, 0.2) is 59.4 Å². The number of nitrogens with zero attached hydrogens (tertiary/aromatic N) is 4. The highest BCUT2D eigenvalue weighted by atomic mass is 16.5. The number of aliphatic hydroxyl groups is 2.